The van der Waals surface area contributed by atoms with Gasteiger partial charge in [0.1, 0.15) is 6.54 Å². The molecule has 162 valence electrons. The third kappa shape index (κ3) is 3.01. The maximum atomic E-state index is 12.5. The van der Waals surface area contributed by atoms with Gasteiger partial charge in [-0.2, -0.15) is 0 Å². The molecule has 1 unspecified atom stereocenters. The molecule has 1 spiro atoms. The molecule has 0 saturated carbocycles. The first kappa shape index (κ1) is 20.7. The van der Waals surface area contributed by atoms with Crippen molar-refractivity contribution in [3.63, 3.8) is 0 Å². The lowest BCUT2D eigenvalue weighted by molar-refractivity contribution is -0.385. The van der Waals surface area contributed by atoms with Gasteiger partial charge >= 0.3 is 5.97 Å². The van der Waals surface area contributed by atoms with E-state index in [4.69, 9.17) is 14.2 Å². The van der Waals surface area contributed by atoms with Crippen LogP contribution in [0.5, 0.6) is 11.5 Å². The van der Waals surface area contributed by atoms with Crippen LogP contribution in [0.1, 0.15) is 31.9 Å². The molecule has 8 heteroatoms. The number of hydrogen-bond acceptors (Lipinski definition) is 7. The predicted molar refractivity (Wildman–Crippen MR) is 115 cm³/mol. The number of rotatable bonds is 5. The van der Waals surface area contributed by atoms with Gasteiger partial charge in [-0.05, 0) is 44.6 Å². The second-order valence-electron chi connectivity index (χ2n) is 7.99. The second kappa shape index (κ2) is 7.30. The van der Waals surface area contributed by atoms with Gasteiger partial charge in [0.2, 0.25) is 5.72 Å². The quantitative estimate of drug-likeness (QED) is 0.406. The van der Waals surface area contributed by atoms with Crippen LogP contribution >= 0.6 is 0 Å². The number of carbonyl (C=O) groups is 1. The molecule has 2 aromatic rings. The minimum Gasteiger partial charge on any atom is -0.493 e. The molecule has 0 saturated heterocycles. The Morgan fingerprint density at radius 3 is 2.68 bits per heavy atom. The normalized spacial score (nSPS) is 20.1. The fourth-order valence-corrected chi connectivity index (χ4v) is 4.46. The van der Waals surface area contributed by atoms with E-state index in [0.717, 1.165) is 11.3 Å². The van der Waals surface area contributed by atoms with Crippen LogP contribution in [0.4, 0.5) is 11.4 Å². The highest BCUT2D eigenvalue weighted by Gasteiger charge is 2.59. The van der Waals surface area contributed by atoms with Crippen molar-refractivity contribution in [1.29, 1.82) is 0 Å². The number of hydrogen-bond donors (Lipinski definition) is 0. The molecule has 2 aliphatic rings. The smallest absolute Gasteiger partial charge is 0.325 e. The molecular formula is C23H24N2O6. The minimum atomic E-state index is -1.06. The molecule has 0 bridgehead atoms. The molecule has 0 fully saturated rings. The number of anilines is 1. The van der Waals surface area contributed by atoms with E-state index in [9.17, 15) is 14.9 Å². The zero-order valence-electron chi connectivity index (χ0n) is 17.9. The maximum Gasteiger partial charge on any atom is 0.325 e. The number of nitro benzene ring substituents is 1. The largest absolute Gasteiger partial charge is 0.493 e. The van der Waals surface area contributed by atoms with Crippen LogP contribution in [0.25, 0.3) is 6.08 Å². The highest BCUT2D eigenvalue weighted by molar-refractivity contribution is 5.82. The van der Waals surface area contributed by atoms with Crippen LogP contribution in [0, 0.1) is 10.1 Å². The molecule has 8 nitrogen and oxygen atoms in total. The molecular weight excluding hydrogens is 400 g/mol. The van der Waals surface area contributed by atoms with Gasteiger partial charge in [-0.15, -0.1) is 0 Å². The molecule has 31 heavy (non-hydrogen) atoms. The van der Waals surface area contributed by atoms with E-state index >= 15 is 0 Å². The van der Waals surface area contributed by atoms with Gasteiger partial charge in [0, 0.05) is 17.3 Å². The van der Waals surface area contributed by atoms with Crippen LogP contribution < -0.4 is 14.4 Å². The Hall–Kier alpha value is -3.55. The Morgan fingerprint density at radius 1 is 1.26 bits per heavy atom. The lowest BCUT2D eigenvalue weighted by Gasteiger charge is -2.46. The van der Waals surface area contributed by atoms with Crippen LogP contribution in [-0.2, 0) is 14.9 Å². The van der Waals surface area contributed by atoms with E-state index in [0.29, 0.717) is 11.3 Å². The lowest BCUT2D eigenvalue weighted by atomic mass is 9.76. The number of para-hydroxylation sites is 1. The third-order valence-corrected chi connectivity index (χ3v) is 6.00. The van der Waals surface area contributed by atoms with Crippen molar-refractivity contribution in [1.82, 2.24) is 0 Å². The topological polar surface area (TPSA) is 91.1 Å². The molecule has 0 amide bonds. The van der Waals surface area contributed by atoms with E-state index in [1.165, 1.54) is 19.2 Å². The molecule has 0 radical (unpaired) electrons. The summed E-state index contributed by atoms with van der Waals surface area (Å²) >= 11 is 0. The summed E-state index contributed by atoms with van der Waals surface area (Å²) in [5.41, 5.74) is 0.733. The number of non-ortho nitro benzene ring substituents is 1. The molecule has 2 aromatic carbocycles. The van der Waals surface area contributed by atoms with Crippen LogP contribution in [-0.4, -0.2) is 36.9 Å². The lowest BCUT2D eigenvalue weighted by Crippen LogP contribution is -2.60. The fourth-order valence-electron chi connectivity index (χ4n) is 4.46. The van der Waals surface area contributed by atoms with Gasteiger partial charge in [0.25, 0.3) is 5.69 Å². The van der Waals surface area contributed by atoms with Crippen molar-refractivity contribution < 1.29 is 23.9 Å². The van der Waals surface area contributed by atoms with Gasteiger partial charge < -0.3 is 19.1 Å². The zero-order valence-corrected chi connectivity index (χ0v) is 17.9. The first-order valence-electron chi connectivity index (χ1n) is 10.0. The highest BCUT2D eigenvalue weighted by atomic mass is 16.6. The van der Waals surface area contributed by atoms with Gasteiger partial charge in [-0.1, -0.05) is 18.2 Å². The van der Waals surface area contributed by atoms with E-state index in [2.05, 4.69) is 0 Å². The number of benzene rings is 2. The zero-order chi connectivity index (χ0) is 22.4. The Morgan fingerprint density at radius 2 is 2.00 bits per heavy atom. The van der Waals surface area contributed by atoms with Gasteiger partial charge in [-0.25, -0.2) is 0 Å². The SMILES string of the molecule is CCOC(=O)CN1c2ccccc2C(C)(C)C12C=Cc1cc([N+](=O)[O-])cc(OC)c1O2. The van der Waals surface area contributed by atoms with E-state index in [1.807, 2.05) is 49.1 Å². The Labute approximate surface area is 180 Å². The molecule has 0 N–H and O–H groups in total. The van der Waals surface area contributed by atoms with Crippen molar-refractivity contribution >= 4 is 23.4 Å². The first-order valence-corrected chi connectivity index (χ1v) is 10.0. The first-order chi connectivity index (χ1) is 14.7. The minimum absolute atomic E-state index is 0.0107. The van der Waals surface area contributed by atoms with Gasteiger partial charge in [-0.3, -0.25) is 14.9 Å². The summed E-state index contributed by atoms with van der Waals surface area (Å²) in [6.45, 7) is 6.12. The molecule has 0 aromatic heterocycles. The van der Waals surface area contributed by atoms with Crippen LogP contribution in [0.2, 0.25) is 0 Å². The van der Waals surface area contributed by atoms with Crippen molar-refractivity contribution in [2.45, 2.75) is 31.9 Å². The maximum absolute atomic E-state index is 12.5. The summed E-state index contributed by atoms with van der Waals surface area (Å²) in [6.07, 6.45) is 3.65. The highest BCUT2D eigenvalue weighted by Crippen LogP contribution is 2.56. The number of esters is 1. The fraction of sp³-hybridized carbons (Fsp3) is 0.348. The Bertz CT molecular complexity index is 1090. The van der Waals surface area contributed by atoms with E-state index < -0.39 is 16.1 Å². The standard InChI is InChI=1S/C23H24N2O6/c1-5-30-20(26)14-24-18-9-7-6-8-17(18)22(2,3)23(24)11-10-15-12-16(25(27)28)13-19(29-4)21(15)31-23/h6-13H,5,14H2,1-4H3. The Kier molecular flexibility index (Phi) is 4.88. The van der Waals surface area contributed by atoms with Crippen molar-refractivity contribution in [3.8, 4) is 11.5 Å². The predicted octanol–water partition coefficient (Wildman–Crippen LogP) is 4.07. The third-order valence-electron chi connectivity index (χ3n) is 6.00. The summed E-state index contributed by atoms with van der Waals surface area (Å²) in [5, 5.41) is 11.3. The number of methoxy groups -OCH3 is 1. The monoisotopic (exact) mass is 424 g/mol. The van der Waals surface area contributed by atoms with Gasteiger partial charge in [0.15, 0.2) is 11.5 Å². The summed E-state index contributed by atoms with van der Waals surface area (Å²) in [7, 11) is 1.44. The van der Waals surface area contributed by atoms with Crippen molar-refractivity contribution in [2.24, 2.45) is 0 Å². The van der Waals surface area contributed by atoms with Crippen LogP contribution in [0.15, 0.2) is 42.5 Å². The number of nitrogens with zero attached hydrogens (tertiary/aromatic N) is 2. The molecule has 1 atom stereocenters. The molecule has 0 aliphatic carbocycles. The van der Waals surface area contributed by atoms with Gasteiger partial charge in [0.05, 0.1) is 30.1 Å². The number of nitro groups is 1. The molecule has 4 rings (SSSR count). The molecule has 2 aliphatic heterocycles. The van der Waals surface area contributed by atoms with Crippen molar-refractivity contribution in [3.05, 3.63) is 63.7 Å². The summed E-state index contributed by atoms with van der Waals surface area (Å²) in [5.74, 6) is 0.286. The van der Waals surface area contributed by atoms with E-state index in [1.54, 1.807) is 13.0 Å². The summed E-state index contributed by atoms with van der Waals surface area (Å²) in [6, 6.07) is 10.6. The summed E-state index contributed by atoms with van der Waals surface area (Å²) < 4.78 is 17.3. The van der Waals surface area contributed by atoms with E-state index in [-0.39, 0.29) is 30.6 Å². The van der Waals surface area contributed by atoms with Crippen molar-refractivity contribution in [2.75, 3.05) is 25.2 Å². The molecule has 2 heterocycles. The summed E-state index contributed by atoms with van der Waals surface area (Å²) in [4.78, 5) is 25.2. The average Bonchev–Trinajstić information content (AvgIpc) is 2.92. The second-order valence-corrected chi connectivity index (χ2v) is 7.99. The van der Waals surface area contributed by atoms with Crippen LogP contribution in [0.3, 0.4) is 0 Å². The average molecular weight is 424 g/mol. The number of carbonyl (C=O) groups excluding carboxylic acids is 1. The number of fused-ring (bicyclic) bond motifs is 2. The number of ether oxygens (including phenoxy) is 3. The Balaban J connectivity index is 1.88.